The van der Waals surface area contributed by atoms with E-state index in [1.54, 1.807) is 7.11 Å². The summed E-state index contributed by atoms with van der Waals surface area (Å²) < 4.78 is 6.18. The fourth-order valence-corrected chi connectivity index (χ4v) is 1.79. The maximum absolute atomic E-state index is 5.00. The molecule has 0 bridgehead atoms. The number of nitrogens with one attached hydrogen (secondary N) is 1. The van der Waals surface area contributed by atoms with Crippen molar-refractivity contribution in [3.05, 3.63) is 33.8 Å². The molecule has 0 aliphatic heterocycles. The molecule has 0 atom stereocenters. The Balaban J connectivity index is 2.19. The normalized spacial score (nSPS) is 10.7. The minimum Gasteiger partial charge on any atom is -0.385 e. The van der Waals surface area contributed by atoms with Crippen LogP contribution in [0.25, 0.3) is 0 Å². The number of rotatable bonds is 7. The van der Waals surface area contributed by atoms with Crippen LogP contribution in [0.1, 0.15) is 24.0 Å². The molecule has 0 aliphatic rings. The van der Waals surface area contributed by atoms with Crippen molar-refractivity contribution in [3.8, 4) is 0 Å². The number of halogens is 1. The molecule has 0 aromatic heterocycles. The summed E-state index contributed by atoms with van der Waals surface area (Å²) in [7, 11) is 1.75. The molecule has 0 fully saturated rings. The summed E-state index contributed by atoms with van der Waals surface area (Å²) in [5.74, 6) is 0. The molecule has 0 amide bonds. The molecule has 90 valence electrons. The second-order valence-corrected chi connectivity index (χ2v) is 4.81. The summed E-state index contributed by atoms with van der Waals surface area (Å²) >= 11 is 3.51. The van der Waals surface area contributed by atoms with E-state index in [1.165, 1.54) is 22.0 Å². The van der Waals surface area contributed by atoms with E-state index in [0.29, 0.717) is 0 Å². The molecule has 0 spiro atoms. The van der Waals surface area contributed by atoms with E-state index in [4.69, 9.17) is 4.74 Å². The highest BCUT2D eigenvalue weighted by Crippen LogP contribution is 2.16. The van der Waals surface area contributed by atoms with Crippen LogP contribution in [0.3, 0.4) is 0 Å². The average molecular weight is 286 g/mol. The second kappa shape index (κ2) is 7.82. The Morgan fingerprint density at radius 1 is 1.31 bits per heavy atom. The lowest BCUT2D eigenvalue weighted by Crippen LogP contribution is -2.15. The largest absolute Gasteiger partial charge is 0.385 e. The molecule has 1 N–H and O–H groups in total. The van der Waals surface area contributed by atoms with Gasteiger partial charge in [0.15, 0.2) is 0 Å². The summed E-state index contributed by atoms with van der Waals surface area (Å²) in [6.07, 6.45) is 2.30. The number of hydrogen-bond acceptors (Lipinski definition) is 2. The first-order valence-corrected chi connectivity index (χ1v) is 6.48. The Morgan fingerprint density at radius 3 is 2.81 bits per heavy atom. The van der Waals surface area contributed by atoms with Gasteiger partial charge in [-0.05, 0) is 43.5 Å². The van der Waals surface area contributed by atoms with Gasteiger partial charge in [0.05, 0.1) is 0 Å². The number of benzene rings is 1. The fraction of sp³-hybridized carbons (Fsp3) is 0.538. The highest BCUT2D eigenvalue weighted by atomic mass is 79.9. The minimum absolute atomic E-state index is 0.860. The molecule has 1 rings (SSSR count). The van der Waals surface area contributed by atoms with Crippen LogP contribution in [-0.2, 0) is 11.3 Å². The molecule has 2 nitrogen and oxygen atoms in total. The topological polar surface area (TPSA) is 21.3 Å². The smallest absolute Gasteiger partial charge is 0.0462 e. The van der Waals surface area contributed by atoms with Gasteiger partial charge in [-0.15, -0.1) is 0 Å². The Bertz CT molecular complexity index is 315. The van der Waals surface area contributed by atoms with Gasteiger partial charge in [0.1, 0.15) is 0 Å². The monoisotopic (exact) mass is 285 g/mol. The first kappa shape index (κ1) is 13.7. The van der Waals surface area contributed by atoms with Crippen molar-refractivity contribution in [3.63, 3.8) is 0 Å². The van der Waals surface area contributed by atoms with Crippen molar-refractivity contribution in [2.24, 2.45) is 0 Å². The van der Waals surface area contributed by atoms with Crippen LogP contribution in [0.5, 0.6) is 0 Å². The molecule has 0 aliphatic carbocycles. The third-order valence-corrected chi connectivity index (χ3v) is 3.39. The SMILES string of the molecule is COCCCCNCc1ccc(Br)c(C)c1. The van der Waals surface area contributed by atoms with Gasteiger partial charge in [0.25, 0.3) is 0 Å². The van der Waals surface area contributed by atoms with E-state index in [0.717, 1.165) is 26.1 Å². The van der Waals surface area contributed by atoms with Gasteiger partial charge in [-0.1, -0.05) is 28.1 Å². The van der Waals surface area contributed by atoms with Crippen LogP contribution >= 0.6 is 15.9 Å². The summed E-state index contributed by atoms with van der Waals surface area (Å²) in [4.78, 5) is 0. The number of ether oxygens (including phenoxy) is 1. The van der Waals surface area contributed by atoms with Crippen LogP contribution in [0.4, 0.5) is 0 Å². The summed E-state index contributed by atoms with van der Waals surface area (Å²) in [6, 6.07) is 6.47. The van der Waals surface area contributed by atoms with Crippen molar-refractivity contribution in [2.45, 2.75) is 26.3 Å². The summed E-state index contributed by atoms with van der Waals surface area (Å²) in [5.41, 5.74) is 2.63. The molecular formula is C13H20BrNO. The van der Waals surface area contributed by atoms with Gasteiger partial charge in [-0.3, -0.25) is 0 Å². The molecule has 0 radical (unpaired) electrons. The van der Waals surface area contributed by atoms with Gasteiger partial charge >= 0.3 is 0 Å². The van der Waals surface area contributed by atoms with E-state index in [-0.39, 0.29) is 0 Å². The number of aryl methyl sites for hydroxylation is 1. The third kappa shape index (κ3) is 5.10. The number of unbranched alkanes of at least 4 members (excludes halogenated alkanes) is 1. The van der Waals surface area contributed by atoms with Gasteiger partial charge in [-0.25, -0.2) is 0 Å². The van der Waals surface area contributed by atoms with Gasteiger partial charge in [0.2, 0.25) is 0 Å². The lowest BCUT2D eigenvalue weighted by atomic mass is 10.1. The molecule has 16 heavy (non-hydrogen) atoms. The molecule has 1 aromatic rings. The molecular weight excluding hydrogens is 266 g/mol. The van der Waals surface area contributed by atoms with Crippen molar-refractivity contribution in [1.82, 2.24) is 5.32 Å². The van der Waals surface area contributed by atoms with Crippen LogP contribution in [0.15, 0.2) is 22.7 Å². The predicted molar refractivity (Wildman–Crippen MR) is 71.7 cm³/mol. The second-order valence-electron chi connectivity index (χ2n) is 3.96. The van der Waals surface area contributed by atoms with E-state index in [1.807, 2.05) is 0 Å². The maximum Gasteiger partial charge on any atom is 0.0462 e. The first-order valence-electron chi connectivity index (χ1n) is 5.68. The first-order chi connectivity index (χ1) is 7.74. The van der Waals surface area contributed by atoms with Crippen LogP contribution in [0, 0.1) is 6.92 Å². The predicted octanol–water partition coefficient (Wildman–Crippen LogP) is 3.27. The Morgan fingerprint density at radius 2 is 2.12 bits per heavy atom. The number of hydrogen-bond donors (Lipinski definition) is 1. The van der Waals surface area contributed by atoms with Crippen molar-refractivity contribution in [2.75, 3.05) is 20.3 Å². The van der Waals surface area contributed by atoms with E-state index in [9.17, 15) is 0 Å². The lowest BCUT2D eigenvalue weighted by Gasteiger charge is -2.06. The van der Waals surface area contributed by atoms with Gasteiger partial charge in [0, 0.05) is 24.7 Å². The average Bonchev–Trinajstić information content (AvgIpc) is 2.28. The Labute approximate surface area is 107 Å². The van der Waals surface area contributed by atoms with Crippen LogP contribution in [0.2, 0.25) is 0 Å². The molecule has 3 heteroatoms. The standard InChI is InChI=1S/C13H20BrNO/c1-11-9-12(5-6-13(11)14)10-15-7-3-4-8-16-2/h5-6,9,15H,3-4,7-8,10H2,1-2H3. The van der Waals surface area contributed by atoms with E-state index < -0.39 is 0 Å². The molecule has 0 unspecified atom stereocenters. The van der Waals surface area contributed by atoms with E-state index >= 15 is 0 Å². The zero-order valence-corrected chi connectivity index (χ0v) is 11.6. The van der Waals surface area contributed by atoms with Crippen LogP contribution < -0.4 is 5.32 Å². The third-order valence-electron chi connectivity index (χ3n) is 2.50. The van der Waals surface area contributed by atoms with Gasteiger partial charge < -0.3 is 10.1 Å². The quantitative estimate of drug-likeness (QED) is 0.777. The van der Waals surface area contributed by atoms with E-state index in [2.05, 4.69) is 46.4 Å². The van der Waals surface area contributed by atoms with Crippen molar-refractivity contribution < 1.29 is 4.74 Å². The van der Waals surface area contributed by atoms with Crippen molar-refractivity contribution in [1.29, 1.82) is 0 Å². The lowest BCUT2D eigenvalue weighted by molar-refractivity contribution is 0.192. The zero-order valence-electron chi connectivity index (χ0n) is 10.1. The molecule has 0 saturated carbocycles. The highest BCUT2D eigenvalue weighted by Gasteiger charge is 1.97. The van der Waals surface area contributed by atoms with Crippen molar-refractivity contribution >= 4 is 15.9 Å². The number of methoxy groups -OCH3 is 1. The van der Waals surface area contributed by atoms with Crippen LogP contribution in [-0.4, -0.2) is 20.3 Å². The Kier molecular flexibility index (Phi) is 6.69. The summed E-state index contributed by atoms with van der Waals surface area (Å²) in [6.45, 7) is 4.98. The highest BCUT2D eigenvalue weighted by molar-refractivity contribution is 9.10. The zero-order chi connectivity index (χ0) is 11.8. The molecule has 1 aromatic carbocycles. The van der Waals surface area contributed by atoms with Gasteiger partial charge in [-0.2, -0.15) is 0 Å². The Hall–Kier alpha value is -0.380. The fourth-order valence-electron chi connectivity index (χ4n) is 1.55. The molecule has 0 heterocycles. The minimum atomic E-state index is 0.860. The summed E-state index contributed by atoms with van der Waals surface area (Å²) in [5, 5.41) is 3.44. The molecule has 0 saturated heterocycles. The maximum atomic E-state index is 5.00.